The molecule has 31 heavy (non-hydrogen) atoms. The van der Waals surface area contributed by atoms with Gasteiger partial charge < -0.3 is 14.4 Å². The molecule has 4 heterocycles. The van der Waals surface area contributed by atoms with Gasteiger partial charge in [0.25, 0.3) is 5.91 Å². The van der Waals surface area contributed by atoms with E-state index in [1.807, 2.05) is 26.0 Å². The number of hydrogen-bond acceptors (Lipinski definition) is 4. The Labute approximate surface area is 178 Å². The summed E-state index contributed by atoms with van der Waals surface area (Å²) >= 11 is 0. The molecule has 1 aliphatic heterocycles. The molecule has 0 bridgehead atoms. The van der Waals surface area contributed by atoms with Crippen molar-refractivity contribution in [1.82, 2.24) is 20.0 Å². The maximum atomic E-state index is 13.7. The summed E-state index contributed by atoms with van der Waals surface area (Å²) in [6, 6.07) is 10.1. The number of hydrogen-bond donors (Lipinski definition) is 1. The van der Waals surface area contributed by atoms with E-state index in [1.54, 1.807) is 24.5 Å². The Kier molecular flexibility index (Phi) is 4.66. The standard InChI is InChI=1S/C24H21FN4O2/c1-14-19(15(2)31-28-14)13-29-20-9-12-27-24(30)22(20)21(16-3-5-18(25)6-4-16)23(29)17-7-10-26-11-8-17/h3-8,10-11H,9,12-13H2,1-2H3,(H,27,30). The smallest absolute Gasteiger partial charge is 0.253 e. The second-order valence-electron chi connectivity index (χ2n) is 7.68. The summed E-state index contributed by atoms with van der Waals surface area (Å²) in [5.41, 5.74) is 6.82. The number of amides is 1. The SMILES string of the molecule is Cc1noc(C)c1Cn1c2c(c(-c3ccc(F)cc3)c1-c1ccncc1)C(=O)NCC2. The first-order chi connectivity index (χ1) is 15.0. The molecule has 4 aromatic rings. The first-order valence-electron chi connectivity index (χ1n) is 10.2. The number of aromatic nitrogens is 3. The van der Waals surface area contributed by atoms with Crippen LogP contribution in [0.15, 0.2) is 53.3 Å². The topological polar surface area (TPSA) is 73.0 Å². The average Bonchev–Trinajstić information content (AvgIpc) is 3.28. The molecule has 0 saturated carbocycles. The lowest BCUT2D eigenvalue weighted by atomic mass is 9.95. The summed E-state index contributed by atoms with van der Waals surface area (Å²) < 4.78 is 21.2. The molecule has 6 nitrogen and oxygen atoms in total. The molecule has 7 heteroatoms. The van der Waals surface area contributed by atoms with Crippen molar-refractivity contribution in [2.45, 2.75) is 26.8 Å². The number of nitrogens with zero attached hydrogens (tertiary/aromatic N) is 3. The van der Waals surface area contributed by atoms with Gasteiger partial charge in [-0.05, 0) is 43.7 Å². The van der Waals surface area contributed by atoms with Gasteiger partial charge >= 0.3 is 0 Å². The number of benzene rings is 1. The number of pyridine rings is 1. The molecule has 0 radical (unpaired) electrons. The summed E-state index contributed by atoms with van der Waals surface area (Å²) in [4.78, 5) is 17.2. The van der Waals surface area contributed by atoms with Crippen LogP contribution in [0.1, 0.15) is 33.1 Å². The molecule has 0 atom stereocenters. The molecule has 5 rings (SSSR count). The minimum atomic E-state index is -0.317. The Morgan fingerprint density at radius 3 is 2.48 bits per heavy atom. The van der Waals surface area contributed by atoms with Crippen LogP contribution in [0, 0.1) is 19.7 Å². The van der Waals surface area contributed by atoms with Gasteiger partial charge in [-0.25, -0.2) is 4.39 Å². The molecular formula is C24H21FN4O2. The highest BCUT2D eigenvalue weighted by Gasteiger charge is 2.31. The largest absolute Gasteiger partial charge is 0.361 e. The zero-order chi connectivity index (χ0) is 21.5. The molecule has 156 valence electrons. The molecule has 1 N–H and O–H groups in total. The first-order valence-corrected chi connectivity index (χ1v) is 10.2. The Morgan fingerprint density at radius 2 is 1.81 bits per heavy atom. The van der Waals surface area contributed by atoms with Crippen molar-refractivity contribution in [3.05, 3.63) is 82.9 Å². The van der Waals surface area contributed by atoms with Gasteiger partial charge in [0, 0.05) is 47.7 Å². The van der Waals surface area contributed by atoms with Gasteiger partial charge in [-0.1, -0.05) is 17.3 Å². The van der Waals surface area contributed by atoms with E-state index < -0.39 is 0 Å². The molecule has 1 amide bonds. The number of carbonyl (C=O) groups is 1. The predicted octanol–water partition coefficient (Wildman–Crippen LogP) is 4.30. The fourth-order valence-corrected chi connectivity index (χ4v) is 4.32. The van der Waals surface area contributed by atoms with Crippen molar-refractivity contribution >= 4 is 5.91 Å². The van der Waals surface area contributed by atoms with Crippen LogP contribution in [0.3, 0.4) is 0 Å². The average molecular weight is 416 g/mol. The van der Waals surface area contributed by atoms with Gasteiger partial charge in [-0.3, -0.25) is 9.78 Å². The highest BCUT2D eigenvalue weighted by molar-refractivity contribution is 6.07. The zero-order valence-electron chi connectivity index (χ0n) is 17.3. The third-order valence-corrected chi connectivity index (χ3v) is 5.83. The quantitative estimate of drug-likeness (QED) is 0.539. The number of halogens is 1. The van der Waals surface area contributed by atoms with E-state index in [0.29, 0.717) is 25.1 Å². The van der Waals surface area contributed by atoms with E-state index in [1.165, 1.54) is 12.1 Å². The number of rotatable bonds is 4. The summed E-state index contributed by atoms with van der Waals surface area (Å²) in [5.74, 6) is 0.320. The monoisotopic (exact) mass is 416 g/mol. The second-order valence-corrected chi connectivity index (χ2v) is 7.68. The van der Waals surface area contributed by atoms with Crippen LogP contribution in [0.5, 0.6) is 0 Å². The van der Waals surface area contributed by atoms with Gasteiger partial charge in [0.1, 0.15) is 11.6 Å². The third-order valence-electron chi connectivity index (χ3n) is 5.83. The van der Waals surface area contributed by atoms with E-state index in [9.17, 15) is 9.18 Å². The Bertz CT molecular complexity index is 1250. The molecule has 1 aromatic carbocycles. The summed E-state index contributed by atoms with van der Waals surface area (Å²) in [6.07, 6.45) is 4.16. The van der Waals surface area contributed by atoms with Crippen LogP contribution in [-0.4, -0.2) is 27.2 Å². The van der Waals surface area contributed by atoms with E-state index in [2.05, 4.69) is 20.0 Å². The summed E-state index contributed by atoms with van der Waals surface area (Å²) in [5, 5.41) is 7.06. The number of fused-ring (bicyclic) bond motifs is 1. The molecule has 1 aliphatic rings. The molecule has 0 aliphatic carbocycles. The predicted molar refractivity (Wildman–Crippen MR) is 114 cm³/mol. The molecule has 0 unspecified atom stereocenters. The molecular weight excluding hydrogens is 395 g/mol. The van der Waals surface area contributed by atoms with Crippen molar-refractivity contribution in [3.63, 3.8) is 0 Å². The Morgan fingerprint density at radius 1 is 1.06 bits per heavy atom. The van der Waals surface area contributed by atoms with Crippen LogP contribution >= 0.6 is 0 Å². The molecule has 3 aromatic heterocycles. The molecule has 0 fully saturated rings. The fraction of sp³-hybridized carbons (Fsp3) is 0.208. The van der Waals surface area contributed by atoms with Crippen molar-refractivity contribution in [2.75, 3.05) is 6.54 Å². The van der Waals surface area contributed by atoms with E-state index >= 15 is 0 Å². The Balaban J connectivity index is 1.84. The van der Waals surface area contributed by atoms with Crippen LogP contribution in [-0.2, 0) is 13.0 Å². The van der Waals surface area contributed by atoms with Gasteiger partial charge in [0.05, 0.1) is 23.5 Å². The van der Waals surface area contributed by atoms with Crippen LogP contribution in [0.25, 0.3) is 22.4 Å². The minimum absolute atomic E-state index is 0.117. The molecule has 0 saturated heterocycles. The number of carbonyl (C=O) groups excluding carboxylic acids is 1. The van der Waals surface area contributed by atoms with Gasteiger partial charge in [0.2, 0.25) is 0 Å². The van der Waals surface area contributed by atoms with E-state index in [0.717, 1.165) is 45.1 Å². The fourth-order valence-electron chi connectivity index (χ4n) is 4.32. The number of aryl methyl sites for hydroxylation is 2. The lowest BCUT2D eigenvalue weighted by molar-refractivity contribution is 0.0946. The lowest BCUT2D eigenvalue weighted by Gasteiger charge is -2.17. The van der Waals surface area contributed by atoms with Crippen molar-refractivity contribution in [1.29, 1.82) is 0 Å². The van der Waals surface area contributed by atoms with Crippen molar-refractivity contribution in [3.8, 4) is 22.4 Å². The zero-order valence-corrected chi connectivity index (χ0v) is 17.3. The molecule has 0 spiro atoms. The van der Waals surface area contributed by atoms with Crippen LogP contribution < -0.4 is 5.32 Å². The van der Waals surface area contributed by atoms with Gasteiger partial charge in [0.15, 0.2) is 0 Å². The maximum absolute atomic E-state index is 13.7. The lowest BCUT2D eigenvalue weighted by Crippen LogP contribution is -2.32. The van der Waals surface area contributed by atoms with E-state index in [4.69, 9.17) is 4.52 Å². The first kappa shape index (κ1) is 19.2. The van der Waals surface area contributed by atoms with Gasteiger partial charge in [-0.15, -0.1) is 0 Å². The second kappa shape index (κ2) is 7.50. The Hall–Kier alpha value is -3.74. The summed E-state index contributed by atoms with van der Waals surface area (Å²) in [7, 11) is 0. The van der Waals surface area contributed by atoms with Crippen LogP contribution in [0.2, 0.25) is 0 Å². The maximum Gasteiger partial charge on any atom is 0.253 e. The number of nitrogens with one attached hydrogen (secondary N) is 1. The third kappa shape index (κ3) is 3.22. The summed E-state index contributed by atoms with van der Waals surface area (Å²) in [6.45, 7) is 4.90. The van der Waals surface area contributed by atoms with Crippen molar-refractivity contribution < 1.29 is 13.7 Å². The highest BCUT2D eigenvalue weighted by atomic mass is 19.1. The van der Waals surface area contributed by atoms with Crippen LogP contribution in [0.4, 0.5) is 4.39 Å². The normalized spacial score (nSPS) is 13.2. The highest BCUT2D eigenvalue weighted by Crippen LogP contribution is 2.41. The van der Waals surface area contributed by atoms with Crippen molar-refractivity contribution in [2.24, 2.45) is 0 Å². The minimum Gasteiger partial charge on any atom is -0.361 e. The van der Waals surface area contributed by atoms with Gasteiger partial charge in [-0.2, -0.15) is 0 Å². The van der Waals surface area contributed by atoms with E-state index in [-0.39, 0.29) is 11.7 Å².